The number of H-pyrrole nitrogens is 1. The number of aromatic nitrogens is 1. The minimum absolute atomic E-state index is 0.0873. The van der Waals surface area contributed by atoms with Crippen molar-refractivity contribution in [2.45, 2.75) is 18.3 Å². The maximum atomic E-state index is 12.3. The molecule has 2 heterocycles. The molecule has 0 bridgehead atoms. The van der Waals surface area contributed by atoms with Gasteiger partial charge in [0.15, 0.2) is 0 Å². The van der Waals surface area contributed by atoms with Crippen LogP contribution in [0.1, 0.15) is 28.9 Å². The number of rotatable bonds is 5. The van der Waals surface area contributed by atoms with E-state index < -0.39 is 0 Å². The fourth-order valence-electron chi connectivity index (χ4n) is 3.20. The lowest BCUT2D eigenvalue weighted by molar-refractivity contribution is 0.0478. The van der Waals surface area contributed by atoms with Crippen LogP contribution in [0.3, 0.4) is 0 Å². The van der Waals surface area contributed by atoms with Gasteiger partial charge in [-0.1, -0.05) is 18.2 Å². The molecule has 1 aromatic heterocycles. The van der Waals surface area contributed by atoms with Crippen molar-refractivity contribution in [1.29, 1.82) is 0 Å². The van der Waals surface area contributed by atoms with Crippen molar-refractivity contribution in [2.75, 3.05) is 26.9 Å². The molecule has 0 atom stereocenters. The molecule has 1 aromatic carbocycles. The normalized spacial score (nSPS) is 16.7. The number of nitrogens with one attached hydrogen (secondary N) is 2. The molecule has 0 spiro atoms. The second kappa shape index (κ2) is 6.87. The van der Waals surface area contributed by atoms with Crippen LogP contribution in [0, 0.1) is 0 Å². The van der Waals surface area contributed by atoms with Crippen molar-refractivity contribution < 1.29 is 14.3 Å². The second-order valence-corrected chi connectivity index (χ2v) is 5.86. The van der Waals surface area contributed by atoms with Gasteiger partial charge in [0.25, 0.3) is 5.91 Å². The molecule has 5 nitrogen and oxygen atoms in total. The van der Waals surface area contributed by atoms with E-state index in [0.717, 1.165) is 24.2 Å². The first-order valence-electron chi connectivity index (χ1n) is 7.88. The summed E-state index contributed by atoms with van der Waals surface area (Å²) >= 11 is 0. The highest BCUT2D eigenvalue weighted by molar-refractivity contribution is 5.92. The second-order valence-electron chi connectivity index (χ2n) is 5.86. The van der Waals surface area contributed by atoms with Crippen molar-refractivity contribution in [1.82, 2.24) is 10.3 Å². The highest BCUT2D eigenvalue weighted by Crippen LogP contribution is 2.39. The van der Waals surface area contributed by atoms with Gasteiger partial charge in [0.05, 0.1) is 7.11 Å². The molecule has 1 amide bonds. The summed E-state index contributed by atoms with van der Waals surface area (Å²) in [5.74, 6) is 0.777. The zero-order valence-electron chi connectivity index (χ0n) is 13.3. The Hall–Kier alpha value is -2.27. The smallest absolute Gasteiger partial charge is 0.267 e. The van der Waals surface area contributed by atoms with Gasteiger partial charge < -0.3 is 19.8 Å². The number of hydrogen-bond donors (Lipinski definition) is 2. The Bertz CT molecular complexity index is 646. The van der Waals surface area contributed by atoms with E-state index in [2.05, 4.69) is 16.4 Å². The van der Waals surface area contributed by atoms with Gasteiger partial charge in [0.1, 0.15) is 11.4 Å². The van der Waals surface area contributed by atoms with E-state index in [1.165, 1.54) is 0 Å². The van der Waals surface area contributed by atoms with Gasteiger partial charge in [-0.25, -0.2) is 0 Å². The van der Waals surface area contributed by atoms with Crippen LogP contribution in [0.5, 0.6) is 5.75 Å². The van der Waals surface area contributed by atoms with Crippen molar-refractivity contribution in [3.8, 4) is 5.75 Å². The van der Waals surface area contributed by atoms with E-state index >= 15 is 0 Å². The minimum Gasteiger partial charge on any atom is -0.496 e. The molecule has 1 saturated heterocycles. The van der Waals surface area contributed by atoms with Crippen molar-refractivity contribution >= 4 is 5.91 Å². The number of carbonyl (C=O) groups is 1. The average molecular weight is 314 g/mol. The Labute approximate surface area is 136 Å². The van der Waals surface area contributed by atoms with Gasteiger partial charge in [0, 0.05) is 36.9 Å². The van der Waals surface area contributed by atoms with Gasteiger partial charge in [-0.15, -0.1) is 0 Å². The molecule has 5 heteroatoms. The Kier molecular flexibility index (Phi) is 4.67. The van der Waals surface area contributed by atoms with Crippen LogP contribution in [0.2, 0.25) is 0 Å². The summed E-state index contributed by atoms with van der Waals surface area (Å²) < 4.78 is 11.1. The first kappa shape index (κ1) is 15.6. The van der Waals surface area contributed by atoms with Gasteiger partial charge >= 0.3 is 0 Å². The number of para-hydroxylation sites is 1. The monoisotopic (exact) mass is 314 g/mol. The van der Waals surface area contributed by atoms with Crippen LogP contribution < -0.4 is 10.1 Å². The third-order valence-electron chi connectivity index (χ3n) is 4.56. The lowest BCUT2D eigenvalue weighted by atomic mass is 9.73. The molecule has 2 N–H and O–H groups in total. The third-order valence-corrected chi connectivity index (χ3v) is 4.56. The molecule has 0 aliphatic carbocycles. The zero-order valence-corrected chi connectivity index (χ0v) is 13.3. The molecule has 2 aromatic rings. The first-order chi connectivity index (χ1) is 11.2. The van der Waals surface area contributed by atoms with Crippen LogP contribution in [0.25, 0.3) is 0 Å². The molecule has 122 valence electrons. The summed E-state index contributed by atoms with van der Waals surface area (Å²) in [4.78, 5) is 15.2. The van der Waals surface area contributed by atoms with Crippen LogP contribution in [0.15, 0.2) is 42.6 Å². The SMILES string of the molecule is COc1ccccc1C1(CNC(=O)c2ccc[nH]2)CCOCC1. The van der Waals surface area contributed by atoms with Gasteiger partial charge in [0.2, 0.25) is 0 Å². The first-order valence-corrected chi connectivity index (χ1v) is 7.88. The van der Waals surface area contributed by atoms with Gasteiger partial charge in [-0.2, -0.15) is 0 Å². The van der Waals surface area contributed by atoms with Gasteiger partial charge in [-0.3, -0.25) is 4.79 Å². The van der Waals surface area contributed by atoms with Crippen LogP contribution in [-0.4, -0.2) is 37.8 Å². The number of amides is 1. The van der Waals surface area contributed by atoms with E-state index in [4.69, 9.17) is 9.47 Å². The molecule has 0 saturated carbocycles. The molecular weight excluding hydrogens is 292 g/mol. The fraction of sp³-hybridized carbons (Fsp3) is 0.389. The molecule has 3 rings (SSSR count). The standard InChI is InChI=1S/C18H22N2O3/c1-22-16-7-3-2-5-14(16)18(8-11-23-12-9-18)13-20-17(21)15-6-4-10-19-15/h2-7,10,19H,8-9,11-13H2,1H3,(H,20,21). The molecular formula is C18H22N2O3. The number of carbonyl (C=O) groups excluding carboxylic acids is 1. The van der Waals surface area contributed by atoms with E-state index in [1.54, 1.807) is 19.4 Å². The summed E-state index contributed by atoms with van der Waals surface area (Å²) in [5.41, 5.74) is 1.55. The van der Waals surface area contributed by atoms with Crippen LogP contribution >= 0.6 is 0 Å². The number of benzene rings is 1. The molecule has 0 radical (unpaired) electrons. The average Bonchev–Trinajstić information content (AvgIpc) is 3.15. The maximum Gasteiger partial charge on any atom is 0.267 e. The lowest BCUT2D eigenvalue weighted by Crippen LogP contribution is -2.44. The Morgan fingerprint density at radius 2 is 2.04 bits per heavy atom. The zero-order chi connectivity index (χ0) is 16.1. The summed E-state index contributed by atoms with van der Waals surface area (Å²) in [6, 6.07) is 11.6. The summed E-state index contributed by atoms with van der Waals surface area (Å²) in [5, 5.41) is 3.06. The number of ether oxygens (including phenoxy) is 2. The minimum atomic E-state index is -0.160. The quantitative estimate of drug-likeness (QED) is 0.891. The van der Waals surface area contributed by atoms with Crippen molar-refractivity contribution in [2.24, 2.45) is 0 Å². The highest BCUT2D eigenvalue weighted by atomic mass is 16.5. The number of methoxy groups -OCH3 is 1. The topological polar surface area (TPSA) is 63.3 Å². The van der Waals surface area contributed by atoms with Crippen LogP contribution in [-0.2, 0) is 10.2 Å². The van der Waals surface area contributed by atoms with E-state index in [9.17, 15) is 4.79 Å². The molecule has 1 aliphatic rings. The fourth-order valence-corrected chi connectivity index (χ4v) is 3.20. The van der Waals surface area contributed by atoms with E-state index in [0.29, 0.717) is 25.5 Å². The summed E-state index contributed by atoms with van der Waals surface area (Å²) in [6.45, 7) is 1.95. The largest absolute Gasteiger partial charge is 0.496 e. The van der Waals surface area contributed by atoms with Gasteiger partial charge in [-0.05, 0) is 31.0 Å². The number of hydrogen-bond acceptors (Lipinski definition) is 3. The Morgan fingerprint density at radius 1 is 1.26 bits per heavy atom. The molecule has 23 heavy (non-hydrogen) atoms. The van der Waals surface area contributed by atoms with E-state index in [1.807, 2.05) is 24.3 Å². The van der Waals surface area contributed by atoms with Crippen molar-refractivity contribution in [3.63, 3.8) is 0 Å². The Morgan fingerprint density at radius 3 is 2.74 bits per heavy atom. The van der Waals surface area contributed by atoms with E-state index in [-0.39, 0.29) is 11.3 Å². The summed E-state index contributed by atoms with van der Waals surface area (Å²) in [7, 11) is 1.68. The lowest BCUT2D eigenvalue weighted by Gasteiger charge is -2.38. The Balaban J connectivity index is 1.83. The van der Waals surface area contributed by atoms with Crippen molar-refractivity contribution in [3.05, 3.63) is 53.9 Å². The van der Waals surface area contributed by atoms with Crippen LogP contribution in [0.4, 0.5) is 0 Å². The molecule has 0 unspecified atom stereocenters. The molecule has 1 aliphatic heterocycles. The predicted molar refractivity (Wildman–Crippen MR) is 87.9 cm³/mol. The number of aromatic amines is 1. The highest BCUT2D eigenvalue weighted by Gasteiger charge is 2.37. The predicted octanol–water partition coefficient (Wildman–Crippen LogP) is 2.50. The third kappa shape index (κ3) is 3.24. The molecule has 1 fully saturated rings. The maximum absolute atomic E-state index is 12.3. The summed E-state index contributed by atoms with van der Waals surface area (Å²) in [6.07, 6.45) is 3.47.